The molecule has 3 aromatic rings. The number of furan rings is 1. The first-order valence-corrected chi connectivity index (χ1v) is 9.41. The molecule has 3 rings (SSSR count). The number of aryl methyl sites for hydroxylation is 1. The van der Waals surface area contributed by atoms with Crippen LogP contribution in [0.1, 0.15) is 17.4 Å². The number of alkyl halides is 3. The summed E-state index contributed by atoms with van der Waals surface area (Å²) in [5, 5.41) is 8.88. The summed E-state index contributed by atoms with van der Waals surface area (Å²) in [7, 11) is 1.44. The van der Waals surface area contributed by atoms with Gasteiger partial charge in [-0.2, -0.15) is 13.2 Å². The first kappa shape index (κ1) is 23.8. The summed E-state index contributed by atoms with van der Waals surface area (Å²) in [6, 6.07) is -1.22. The molecule has 2 heterocycles. The summed E-state index contributed by atoms with van der Waals surface area (Å²) >= 11 is 0. The first-order valence-electron chi connectivity index (χ1n) is 9.41. The Hall–Kier alpha value is -3.90. The van der Waals surface area contributed by atoms with Crippen molar-refractivity contribution in [3.8, 4) is 0 Å². The van der Waals surface area contributed by atoms with Crippen LogP contribution in [0.15, 0.2) is 35.0 Å². The molecule has 1 atom stereocenters. The third kappa shape index (κ3) is 5.48. The molecule has 1 unspecified atom stereocenters. The highest BCUT2D eigenvalue weighted by Gasteiger charge is 2.45. The van der Waals surface area contributed by atoms with Crippen molar-refractivity contribution < 1.29 is 36.0 Å². The van der Waals surface area contributed by atoms with Gasteiger partial charge in [-0.05, 0) is 19.1 Å². The zero-order valence-electron chi connectivity index (χ0n) is 17.2. The molecule has 13 heteroatoms. The van der Waals surface area contributed by atoms with Crippen LogP contribution in [0.3, 0.4) is 0 Å². The number of nitrogens with zero attached hydrogens (tertiary/aromatic N) is 1. The van der Waals surface area contributed by atoms with E-state index >= 15 is 0 Å². The van der Waals surface area contributed by atoms with Crippen molar-refractivity contribution in [3.63, 3.8) is 0 Å². The molecule has 0 fully saturated rings. The molecule has 0 aliphatic carbocycles. The number of aromatic nitrogens is 1. The van der Waals surface area contributed by atoms with Crippen molar-refractivity contribution in [1.82, 2.24) is 15.6 Å². The molecular weight excluding hydrogens is 453 g/mol. The molecule has 176 valence electrons. The van der Waals surface area contributed by atoms with Crippen LogP contribution < -0.4 is 21.3 Å². The van der Waals surface area contributed by atoms with Crippen molar-refractivity contribution in [3.05, 3.63) is 53.6 Å². The van der Waals surface area contributed by atoms with Gasteiger partial charge in [-0.3, -0.25) is 9.78 Å². The maximum absolute atomic E-state index is 14.0. The van der Waals surface area contributed by atoms with E-state index in [1.54, 1.807) is 5.32 Å². The van der Waals surface area contributed by atoms with Gasteiger partial charge in [-0.25, -0.2) is 13.6 Å². The van der Waals surface area contributed by atoms with Crippen LogP contribution in [0.2, 0.25) is 0 Å². The van der Waals surface area contributed by atoms with Gasteiger partial charge < -0.3 is 25.7 Å². The lowest BCUT2D eigenvalue weighted by Gasteiger charge is -2.21. The van der Waals surface area contributed by atoms with Crippen molar-refractivity contribution >= 4 is 34.3 Å². The van der Waals surface area contributed by atoms with Crippen LogP contribution in [-0.2, 0) is 4.79 Å². The molecule has 2 aromatic heterocycles. The number of rotatable bonds is 6. The van der Waals surface area contributed by atoms with Gasteiger partial charge in [0.1, 0.15) is 11.6 Å². The number of nitrogens with one attached hydrogen (secondary N) is 4. The van der Waals surface area contributed by atoms with Gasteiger partial charge in [-0.15, -0.1) is 0 Å². The zero-order valence-corrected chi connectivity index (χ0v) is 17.2. The number of urea groups is 1. The van der Waals surface area contributed by atoms with Gasteiger partial charge in [-0.1, -0.05) is 0 Å². The fourth-order valence-corrected chi connectivity index (χ4v) is 3.01. The van der Waals surface area contributed by atoms with E-state index in [2.05, 4.69) is 20.9 Å². The summed E-state index contributed by atoms with van der Waals surface area (Å²) in [6.45, 7) is 1.11. The Morgan fingerprint density at radius 2 is 1.82 bits per heavy atom. The summed E-state index contributed by atoms with van der Waals surface area (Å²) in [5.74, 6) is -3.26. The van der Waals surface area contributed by atoms with Crippen LogP contribution in [-0.4, -0.2) is 36.7 Å². The molecule has 0 aliphatic heterocycles. The van der Waals surface area contributed by atoms with Crippen LogP contribution in [0.25, 0.3) is 11.0 Å². The predicted molar refractivity (Wildman–Crippen MR) is 109 cm³/mol. The molecule has 33 heavy (non-hydrogen) atoms. The number of hydrogen-bond acceptors (Lipinski definition) is 5. The Morgan fingerprint density at radius 3 is 2.48 bits per heavy atom. The van der Waals surface area contributed by atoms with Gasteiger partial charge >= 0.3 is 12.2 Å². The van der Waals surface area contributed by atoms with Crippen LogP contribution in [0.4, 0.5) is 38.1 Å². The quantitative estimate of drug-likeness (QED) is 0.407. The van der Waals surface area contributed by atoms with Gasteiger partial charge in [0.25, 0.3) is 0 Å². The zero-order chi connectivity index (χ0) is 24.3. The van der Waals surface area contributed by atoms with Crippen molar-refractivity contribution in [2.24, 2.45) is 0 Å². The van der Waals surface area contributed by atoms with Gasteiger partial charge in [0.15, 0.2) is 17.4 Å². The lowest BCUT2D eigenvalue weighted by molar-refractivity contribution is -0.158. The minimum Gasteiger partial charge on any atom is -0.455 e. The molecule has 0 aliphatic rings. The topological polar surface area (TPSA) is 108 Å². The third-order valence-corrected chi connectivity index (χ3v) is 4.59. The number of halogens is 5. The summed E-state index contributed by atoms with van der Waals surface area (Å²) < 4.78 is 73.7. The Bertz CT molecular complexity index is 1190. The molecule has 0 saturated heterocycles. The molecule has 0 spiro atoms. The Balaban J connectivity index is 1.82. The third-order valence-electron chi connectivity index (χ3n) is 4.59. The molecule has 3 amide bonds. The molecule has 0 radical (unpaired) electrons. The van der Waals surface area contributed by atoms with Gasteiger partial charge in [0.05, 0.1) is 30.3 Å². The molecule has 1 aromatic carbocycles. The van der Waals surface area contributed by atoms with E-state index in [1.165, 1.54) is 32.4 Å². The van der Waals surface area contributed by atoms with Crippen LogP contribution in [0.5, 0.6) is 0 Å². The minimum absolute atomic E-state index is 0.0322. The fourth-order valence-electron chi connectivity index (χ4n) is 3.01. The van der Waals surface area contributed by atoms with Crippen molar-refractivity contribution in [1.29, 1.82) is 0 Å². The minimum atomic E-state index is -5.01. The van der Waals surface area contributed by atoms with Crippen LogP contribution in [0, 0.1) is 18.6 Å². The predicted octanol–water partition coefficient (Wildman–Crippen LogP) is 4.00. The fraction of sp³-hybridized carbons (Fsp3) is 0.250. The Kier molecular flexibility index (Phi) is 6.70. The van der Waals surface area contributed by atoms with E-state index < -0.39 is 41.2 Å². The SMILES string of the molecule is CNC(=O)CNc1cncc(NC(=O)NC(c2oc3c(F)cc(F)cc3c2C)C(F)(F)F)c1. The second-order valence-corrected chi connectivity index (χ2v) is 6.92. The second-order valence-electron chi connectivity index (χ2n) is 6.92. The molecule has 4 N–H and O–H groups in total. The van der Waals surface area contributed by atoms with E-state index in [-0.39, 0.29) is 29.1 Å². The lowest BCUT2D eigenvalue weighted by atomic mass is 10.1. The number of carbonyl (C=O) groups excluding carboxylic acids is 2. The highest BCUT2D eigenvalue weighted by Crippen LogP contribution is 2.39. The highest BCUT2D eigenvalue weighted by molar-refractivity contribution is 5.90. The van der Waals surface area contributed by atoms with Gasteiger partial charge in [0, 0.05) is 24.1 Å². The van der Waals surface area contributed by atoms with Crippen LogP contribution >= 0.6 is 0 Å². The summed E-state index contributed by atoms with van der Waals surface area (Å²) in [6.07, 6.45) is -2.49. The van der Waals surface area contributed by atoms with E-state index in [9.17, 15) is 31.5 Å². The Morgan fingerprint density at radius 1 is 1.12 bits per heavy atom. The standard InChI is InChI=1S/C20H18F5N5O3/c1-9-13-3-10(21)4-14(22)17(13)33-16(9)18(20(23,24)25)30-19(32)29-12-5-11(6-27-7-12)28-8-15(31)26-2/h3-7,18,28H,8H2,1-2H3,(H,26,31)(H2,29,30,32). The lowest BCUT2D eigenvalue weighted by Crippen LogP contribution is -2.40. The molecule has 8 nitrogen and oxygen atoms in total. The number of anilines is 2. The monoisotopic (exact) mass is 471 g/mol. The molecule has 0 bridgehead atoms. The smallest absolute Gasteiger partial charge is 0.416 e. The number of carbonyl (C=O) groups is 2. The molecule has 0 saturated carbocycles. The van der Waals surface area contributed by atoms with E-state index in [1.807, 2.05) is 0 Å². The number of likely N-dealkylation sites (N-methyl/N-ethyl adjacent to an activating group) is 1. The number of benzene rings is 1. The maximum atomic E-state index is 14.0. The molecular formula is C20H18F5N5O3. The highest BCUT2D eigenvalue weighted by atomic mass is 19.4. The second kappa shape index (κ2) is 9.30. The van der Waals surface area contributed by atoms with E-state index in [0.717, 1.165) is 6.07 Å². The first-order chi connectivity index (χ1) is 15.5. The number of hydrogen-bond donors (Lipinski definition) is 4. The van der Waals surface area contributed by atoms with E-state index in [4.69, 9.17) is 4.42 Å². The van der Waals surface area contributed by atoms with Crippen molar-refractivity contribution in [2.45, 2.75) is 19.1 Å². The average molecular weight is 471 g/mol. The summed E-state index contributed by atoms with van der Waals surface area (Å²) in [4.78, 5) is 27.4. The summed E-state index contributed by atoms with van der Waals surface area (Å²) in [5.41, 5.74) is -0.369. The normalized spacial score (nSPS) is 12.3. The van der Waals surface area contributed by atoms with Crippen molar-refractivity contribution in [2.75, 3.05) is 24.2 Å². The maximum Gasteiger partial charge on any atom is 0.416 e. The Labute approximate surface area is 183 Å². The van der Waals surface area contributed by atoms with Gasteiger partial charge in [0.2, 0.25) is 5.91 Å². The number of fused-ring (bicyclic) bond motifs is 1. The number of amides is 3. The number of pyridine rings is 1. The van der Waals surface area contributed by atoms with E-state index in [0.29, 0.717) is 11.8 Å². The largest absolute Gasteiger partial charge is 0.455 e. The average Bonchev–Trinajstić information content (AvgIpc) is 3.06.